The Kier molecular flexibility index (Phi) is 4.24. The smallest absolute Gasteiger partial charge is 0.280 e. The third-order valence-electron chi connectivity index (χ3n) is 3.37. The minimum atomic E-state index is -0.209. The molecule has 3 N–H and O–H groups in total. The van der Waals surface area contributed by atoms with Gasteiger partial charge in [-0.1, -0.05) is 18.7 Å². The van der Waals surface area contributed by atoms with E-state index >= 15 is 0 Å². The molecule has 0 bridgehead atoms. The molecule has 2 aromatic carbocycles. The molecule has 0 aliphatic heterocycles. The maximum Gasteiger partial charge on any atom is 0.280 e. The molecule has 3 aromatic rings. The Hall–Kier alpha value is -2.48. The number of aromatic nitrogens is 2. The van der Waals surface area contributed by atoms with Gasteiger partial charge in [-0.25, -0.2) is 4.68 Å². The van der Waals surface area contributed by atoms with E-state index in [1.807, 2.05) is 24.3 Å². The van der Waals surface area contributed by atoms with E-state index in [-0.39, 0.29) is 11.3 Å². The summed E-state index contributed by atoms with van der Waals surface area (Å²) in [4.78, 5) is 12.5. The number of nitrogens with zero attached hydrogens (tertiary/aromatic N) is 1. The molecule has 3 rings (SSSR count). The number of aromatic amines is 1. The highest BCUT2D eigenvalue weighted by Gasteiger charge is 2.05. The molecule has 23 heavy (non-hydrogen) atoms. The van der Waals surface area contributed by atoms with Crippen molar-refractivity contribution in [3.8, 4) is 11.4 Å². The van der Waals surface area contributed by atoms with Gasteiger partial charge in [0.25, 0.3) is 5.56 Å². The lowest BCUT2D eigenvalue weighted by Crippen LogP contribution is -2.34. The van der Waals surface area contributed by atoms with Crippen molar-refractivity contribution in [1.82, 2.24) is 9.78 Å². The lowest BCUT2D eigenvalue weighted by Gasteiger charge is -2.02. The van der Waals surface area contributed by atoms with Crippen molar-refractivity contribution in [2.24, 2.45) is 0 Å². The van der Waals surface area contributed by atoms with E-state index in [0.717, 1.165) is 9.26 Å². The molecular formula is C17H14IN3O2. The molecule has 0 aliphatic carbocycles. The highest BCUT2D eigenvalue weighted by molar-refractivity contribution is 14.1. The Balaban J connectivity index is 2.03. The van der Waals surface area contributed by atoms with E-state index in [1.165, 1.54) is 4.68 Å². The van der Waals surface area contributed by atoms with Gasteiger partial charge in [-0.05, 0) is 59.0 Å². The maximum atomic E-state index is 12.5. The van der Waals surface area contributed by atoms with Crippen molar-refractivity contribution in [1.29, 1.82) is 0 Å². The van der Waals surface area contributed by atoms with Crippen LogP contribution in [0.3, 0.4) is 0 Å². The Labute approximate surface area is 145 Å². The number of phenols is 1. The van der Waals surface area contributed by atoms with Gasteiger partial charge >= 0.3 is 0 Å². The van der Waals surface area contributed by atoms with E-state index in [9.17, 15) is 9.90 Å². The number of anilines is 1. The van der Waals surface area contributed by atoms with Gasteiger partial charge in [-0.3, -0.25) is 9.89 Å². The Morgan fingerprint density at radius 1 is 1.17 bits per heavy atom. The molecule has 0 fully saturated rings. The molecule has 0 radical (unpaired) electrons. The summed E-state index contributed by atoms with van der Waals surface area (Å²) >= 11 is 2.21. The second-order valence-electron chi connectivity index (χ2n) is 4.93. The molecule has 0 atom stereocenters. The summed E-state index contributed by atoms with van der Waals surface area (Å²) in [5, 5.41) is 16.5. The minimum absolute atomic E-state index is 0.114. The monoisotopic (exact) mass is 419 g/mol. The zero-order chi connectivity index (χ0) is 16.4. The summed E-state index contributed by atoms with van der Waals surface area (Å²) in [6, 6.07) is 14.4. The number of hydrogen-bond donors (Lipinski definition) is 3. The van der Waals surface area contributed by atoms with Crippen LogP contribution in [0.5, 0.6) is 5.75 Å². The van der Waals surface area contributed by atoms with Crippen molar-refractivity contribution < 1.29 is 5.11 Å². The molecule has 6 heteroatoms. The van der Waals surface area contributed by atoms with Gasteiger partial charge in [0.1, 0.15) is 5.75 Å². The van der Waals surface area contributed by atoms with Crippen LogP contribution in [0.4, 0.5) is 5.69 Å². The van der Waals surface area contributed by atoms with Crippen molar-refractivity contribution in [3.05, 3.63) is 73.0 Å². The maximum absolute atomic E-state index is 12.5. The number of para-hydroxylation sites is 2. The largest absolute Gasteiger partial charge is 0.506 e. The number of rotatable bonds is 3. The summed E-state index contributed by atoms with van der Waals surface area (Å²) in [5.41, 5.74) is 1.05. The van der Waals surface area contributed by atoms with Crippen LogP contribution in [0.15, 0.2) is 53.3 Å². The van der Waals surface area contributed by atoms with Crippen LogP contribution < -0.4 is 21.4 Å². The summed E-state index contributed by atoms with van der Waals surface area (Å²) in [6.45, 7) is 3.87. The zero-order valence-electron chi connectivity index (χ0n) is 12.1. The molecule has 0 saturated carbocycles. The number of phenolic OH excluding ortho intramolecular Hbond substituents is 1. The van der Waals surface area contributed by atoms with Crippen LogP contribution in [0.2, 0.25) is 0 Å². The first-order valence-corrected chi connectivity index (χ1v) is 7.95. The van der Waals surface area contributed by atoms with Gasteiger partial charge in [-0.15, -0.1) is 0 Å². The van der Waals surface area contributed by atoms with Crippen LogP contribution in [-0.4, -0.2) is 14.9 Å². The molecule has 0 saturated heterocycles. The Morgan fingerprint density at radius 2 is 1.87 bits per heavy atom. The van der Waals surface area contributed by atoms with Crippen molar-refractivity contribution in [3.63, 3.8) is 0 Å². The number of benzene rings is 2. The van der Waals surface area contributed by atoms with E-state index in [2.05, 4.69) is 39.6 Å². The molecule has 0 aliphatic rings. The van der Waals surface area contributed by atoms with Crippen LogP contribution in [0.25, 0.3) is 18.5 Å². The van der Waals surface area contributed by atoms with Gasteiger partial charge in [0, 0.05) is 9.77 Å². The van der Waals surface area contributed by atoms with E-state index in [1.54, 1.807) is 30.5 Å². The summed E-state index contributed by atoms with van der Waals surface area (Å²) in [6.07, 6.45) is 1.54. The highest BCUT2D eigenvalue weighted by Crippen LogP contribution is 2.21. The third kappa shape index (κ3) is 3.16. The van der Waals surface area contributed by atoms with Gasteiger partial charge in [0.15, 0.2) is 0 Å². The van der Waals surface area contributed by atoms with Gasteiger partial charge in [0.2, 0.25) is 0 Å². The Morgan fingerprint density at radius 3 is 2.57 bits per heavy atom. The zero-order valence-corrected chi connectivity index (χ0v) is 14.2. The quantitative estimate of drug-likeness (QED) is 0.448. The number of hydrogen-bond acceptors (Lipinski definition) is 3. The second-order valence-corrected chi connectivity index (χ2v) is 6.17. The van der Waals surface area contributed by atoms with Crippen LogP contribution in [-0.2, 0) is 0 Å². The van der Waals surface area contributed by atoms with Gasteiger partial charge < -0.3 is 10.4 Å². The normalized spacial score (nSPS) is 11.6. The molecular weight excluding hydrogens is 405 g/mol. The molecule has 0 unspecified atom stereocenters. The highest BCUT2D eigenvalue weighted by atomic mass is 127. The van der Waals surface area contributed by atoms with E-state index in [4.69, 9.17) is 0 Å². The molecule has 0 amide bonds. The first-order valence-electron chi connectivity index (χ1n) is 6.87. The fourth-order valence-corrected chi connectivity index (χ4v) is 2.52. The van der Waals surface area contributed by atoms with E-state index < -0.39 is 0 Å². The molecule has 1 heterocycles. The number of aromatic hydroxyl groups is 1. The Bertz CT molecular complexity index is 1000. The molecule has 5 nitrogen and oxygen atoms in total. The molecule has 0 spiro atoms. The standard InChI is InChI=1S/C17H14IN3O2/c1-11-14(10-19-15-4-2-3-5-16(15)22)17(23)21(20-11)13-8-6-12(18)7-9-13/h2-10,19-20,22H,1H2. The summed E-state index contributed by atoms with van der Waals surface area (Å²) in [5.74, 6) is 0.114. The van der Waals surface area contributed by atoms with Crippen LogP contribution in [0, 0.1) is 3.57 Å². The average Bonchev–Trinajstić information content (AvgIpc) is 2.82. The lowest BCUT2D eigenvalue weighted by atomic mass is 10.3. The van der Waals surface area contributed by atoms with E-state index in [0.29, 0.717) is 16.3 Å². The minimum Gasteiger partial charge on any atom is -0.506 e. The number of H-pyrrole nitrogens is 1. The van der Waals surface area contributed by atoms with Crippen molar-refractivity contribution in [2.45, 2.75) is 0 Å². The lowest BCUT2D eigenvalue weighted by molar-refractivity contribution is 0.478. The average molecular weight is 419 g/mol. The SMILES string of the molecule is C=c1[nH]n(-c2ccc(I)cc2)c(=O)c1=CNc1ccccc1O. The third-order valence-corrected chi connectivity index (χ3v) is 4.09. The summed E-state index contributed by atoms with van der Waals surface area (Å²) < 4.78 is 2.53. The first kappa shape index (κ1) is 15.4. The van der Waals surface area contributed by atoms with Crippen LogP contribution >= 0.6 is 22.6 Å². The van der Waals surface area contributed by atoms with Crippen molar-refractivity contribution >= 4 is 41.1 Å². The fraction of sp³-hybridized carbons (Fsp3) is 0. The van der Waals surface area contributed by atoms with Crippen LogP contribution in [0.1, 0.15) is 0 Å². The predicted octanol–water partition coefficient (Wildman–Crippen LogP) is 1.74. The number of halogens is 1. The topological polar surface area (TPSA) is 70.0 Å². The predicted molar refractivity (Wildman–Crippen MR) is 100 cm³/mol. The van der Waals surface area contributed by atoms with Gasteiger partial charge in [0.05, 0.1) is 21.9 Å². The summed E-state index contributed by atoms with van der Waals surface area (Å²) in [7, 11) is 0. The van der Waals surface area contributed by atoms with Gasteiger partial charge in [-0.2, -0.15) is 0 Å². The second kappa shape index (κ2) is 6.33. The number of nitrogens with one attached hydrogen (secondary N) is 2. The first-order chi connectivity index (χ1) is 11.1. The molecule has 116 valence electrons. The fourth-order valence-electron chi connectivity index (χ4n) is 2.16. The molecule has 1 aromatic heterocycles. The van der Waals surface area contributed by atoms with Crippen molar-refractivity contribution in [2.75, 3.05) is 5.32 Å².